The molecule has 0 aromatic heterocycles. The van der Waals surface area contributed by atoms with Crippen LogP contribution in [0, 0.1) is 5.92 Å². The van der Waals surface area contributed by atoms with E-state index in [-0.39, 0.29) is 11.5 Å². The summed E-state index contributed by atoms with van der Waals surface area (Å²) in [6.07, 6.45) is 5.66. The first-order chi connectivity index (χ1) is 8.23. The second kappa shape index (κ2) is 4.02. The highest BCUT2D eigenvalue weighted by Gasteiger charge is 2.47. The number of aliphatic hydroxyl groups is 1. The van der Waals surface area contributed by atoms with Gasteiger partial charge in [-0.25, -0.2) is 0 Å². The second-order valence-electron chi connectivity index (χ2n) is 5.64. The zero-order chi connectivity index (χ0) is 11.9. The van der Waals surface area contributed by atoms with Crippen molar-refractivity contribution in [3.63, 3.8) is 0 Å². The highest BCUT2D eigenvalue weighted by Crippen LogP contribution is 2.53. The number of methoxy groups -OCH3 is 1. The van der Waals surface area contributed by atoms with E-state index >= 15 is 0 Å². The summed E-state index contributed by atoms with van der Waals surface area (Å²) in [5, 5.41) is 10.1. The lowest BCUT2D eigenvalue weighted by Gasteiger charge is -2.33. The van der Waals surface area contributed by atoms with Gasteiger partial charge in [0.1, 0.15) is 5.75 Å². The lowest BCUT2D eigenvalue weighted by Crippen LogP contribution is -2.25. The van der Waals surface area contributed by atoms with E-state index in [0.29, 0.717) is 5.92 Å². The number of benzene rings is 1. The SMILES string of the molecule is COc1cccc([C@@]23CCC[C@@H](C2)[C@H](O)C3)c1. The zero-order valence-corrected chi connectivity index (χ0v) is 10.4. The quantitative estimate of drug-likeness (QED) is 0.849. The molecule has 2 aliphatic carbocycles. The average Bonchev–Trinajstić information content (AvgIpc) is 2.61. The van der Waals surface area contributed by atoms with Crippen molar-refractivity contribution in [3.8, 4) is 5.75 Å². The summed E-state index contributed by atoms with van der Waals surface area (Å²) < 4.78 is 5.31. The topological polar surface area (TPSA) is 29.5 Å². The van der Waals surface area contributed by atoms with Gasteiger partial charge in [-0.2, -0.15) is 0 Å². The maximum absolute atomic E-state index is 10.1. The molecule has 3 atom stereocenters. The van der Waals surface area contributed by atoms with Gasteiger partial charge in [0.15, 0.2) is 0 Å². The van der Waals surface area contributed by atoms with Crippen LogP contribution >= 0.6 is 0 Å². The summed E-state index contributed by atoms with van der Waals surface area (Å²) >= 11 is 0. The fourth-order valence-corrected chi connectivity index (χ4v) is 3.82. The van der Waals surface area contributed by atoms with E-state index in [2.05, 4.69) is 18.2 Å². The molecule has 2 nitrogen and oxygen atoms in total. The van der Waals surface area contributed by atoms with Crippen molar-refractivity contribution in [3.05, 3.63) is 29.8 Å². The predicted octanol–water partition coefficient (Wildman–Crippen LogP) is 2.89. The molecule has 92 valence electrons. The van der Waals surface area contributed by atoms with Gasteiger partial charge in [-0.15, -0.1) is 0 Å². The highest BCUT2D eigenvalue weighted by atomic mass is 16.5. The van der Waals surface area contributed by atoms with Crippen LogP contribution < -0.4 is 4.74 Å². The summed E-state index contributed by atoms with van der Waals surface area (Å²) in [6, 6.07) is 8.41. The van der Waals surface area contributed by atoms with Gasteiger partial charge >= 0.3 is 0 Å². The zero-order valence-electron chi connectivity index (χ0n) is 10.4. The third kappa shape index (κ3) is 1.75. The largest absolute Gasteiger partial charge is 0.497 e. The Morgan fingerprint density at radius 2 is 2.24 bits per heavy atom. The van der Waals surface area contributed by atoms with Gasteiger partial charge < -0.3 is 9.84 Å². The summed E-state index contributed by atoms with van der Waals surface area (Å²) in [5.74, 6) is 1.45. The van der Waals surface area contributed by atoms with Gasteiger partial charge in [-0.1, -0.05) is 18.6 Å². The molecule has 0 radical (unpaired) electrons. The van der Waals surface area contributed by atoms with Gasteiger partial charge in [0.05, 0.1) is 13.2 Å². The summed E-state index contributed by atoms with van der Waals surface area (Å²) in [7, 11) is 1.71. The van der Waals surface area contributed by atoms with E-state index in [1.165, 1.54) is 24.8 Å². The number of hydrogen-bond donors (Lipinski definition) is 1. The Morgan fingerprint density at radius 3 is 3.06 bits per heavy atom. The standard InChI is InChI=1S/C15H20O2/c1-17-13-6-2-5-12(8-13)15-7-3-4-11(9-15)14(16)10-15/h2,5-6,8,11,14,16H,3-4,7,9-10H2,1H3/t11-,14+,15-/m0/s1. The van der Waals surface area contributed by atoms with Crippen molar-refractivity contribution in [1.82, 2.24) is 0 Å². The van der Waals surface area contributed by atoms with E-state index in [1.807, 2.05) is 6.07 Å². The number of aliphatic hydroxyl groups excluding tert-OH is 1. The average molecular weight is 232 g/mol. The molecule has 3 rings (SSSR count). The van der Waals surface area contributed by atoms with Crippen LogP contribution in [0.5, 0.6) is 5.75 Å². The third-order valence-corrected chi connectivity index (χ3v) is 4.71. The van der Waals surface area contributed by atoms with Crippen LogP contribution in [0.2, 0.25) is 0 Å². The van der Waals surface area contributed by atoms with Crippen LogP contribution in [0.25, 0.3) is 0 Å². The molecule has 1 aromatic rings. The number of rotatable bonds is 2. The van der Waals surface area contributed by atoms with Crippen LogP contribution in [0.4, 0.5) is 0 Å². The Morgan fingerprint density at radius 1 is 1.35 bits per heavy atom. The van der Waals surface area contributed by atoms with Gasteiger partial charge in [0.25, 0.3) is 0 Å². The summed E-state index contributed by atoms with van der Waals surface area (Å²) in [6.45, 7) is 0. The molecule has 2 aliphatic rings. The molecule has 0 spiro atoms. The Kier molecular flexibility index (Phi) is 2.62. The van der Waals surface area contributed by atoms with Crippen molar-refractivity contribution >= 4 is 0 Å². The van der Waals surface area contributed by atoms with Gasteiger partial charge in [0, 0.05) is 0 Å². The molecule has 0 unspecified atom stereocenters. The molecule has 2 heteroatoms. The Labute approximate surface area is 103 Å². The Hall–Kier alpha value is -1.02. The smallest absolute Gasteiger partial charge is 0.119 e. The van der Waals surface area contributed by atoms with Crippen LogP contribution in [0.15, 0.2) is 24.3 Å². The molecule has 0 amide bonds. The molecule has 0 heterocycles. The molecule has 2 fully saturated rings. The van der Waals surface area contributed by atoms with Crippen LogP contribution in [0.3, 0.4) is 0 Å². The molecule has 2 saturated carbocycles. The molecule has 1 aromatic carbocycles. The minimum atomic E-state index is -0.0938. The number of ether oxygens (including phenoxy) is 1. The normalized spacial score (nSPS) is 35.9. The van der Waals surface area contributed by atoms with Gasteiger partial charge in [0.2, 0.25) is 0 Å². The first-order valence-electron chi connectivity index (χ1n) is 6.56. The number of fused-ring (bicyclic) bond motifs is 2. The Bertz CT molecular complexity index is 411. The summed E-state index contributed by atoms with van der Waals surface area (Å²) in [4.78, 5) is 0. The van der Waals surface area contributed by atoms with Crippen LogP contribution in [-0.4, -0.2) is 18.3 Å². The number of hydrogen-bond acceptors (Lipinski definition) is 2. The fraction of sp³-hybridized carbons (Fsp3) is 0.600. The predicted molar refractivity (Wildman–Crippen MR) is 67.3 cm³/mol. The maximum atomic E-state index is 10.1. The monoisotopic (exact) mass is 232 g/mol. The van der Waals surface area contributed by atoms with Gasteiger partial charge in [-0.3, -0.25) is 0 Å². The molecular formula is C15H20O2. The molecule has 2 bridgehead atoms. The van der Waals surface area contributed by atoms with Crippen molar-refractivity contribution in [2.24, 2.45) is 5.92 Å². The van der Waals surface area contributed by atoms with Gasteiger partial charge in [-0.05, 0) is 54.7 Å². The minimum absolute atomic E-state index is 0.0938. The minimum Gasteiger partial charge on any atom is -0.497 e. The molecule has 0 aliphatic heterocycles. The van der Waals surface area contributed by atoms with Crippen LogP contribution in [0.1, 0.15) is 37.7 Å². The maximum Gasteiger partial charge on any atom is 0.119 e. The fourth-order valence-electron chi connectivity index (χ4n) is 3.82. The lowest BCUT2D eigenvalue weighted by atomic mass is 9.71. The van der Waals surface area contributed by atoms with E-state index in [1.54, 1.807) is 7.11 Å². The molecule has 1 N–H and O–H groups in total. The van der Waals surface area contributed by atoms with E-state index in [9.17, 15) is 5.11 Å². The second-order valence-corrected chi connectivity index (χ2v) is 5.64. The van der Waals surface area contributed by atoms with Crippen molar-refractivity contribution in [1.29, 1.82) is 0 Å². The first-order valence-corrected chi connectivity index (χ1v) is 6.56. The van der Waals surface area contributed by atoms with E-state index < -0.39 is 0 Å². The molecule has 0 saturated heterocycles. The Balaban J connectivity index is 1.96. The van der Waals surface area contributed by atoms with Crippen molar-refractivity contribution in [2.75, 3.05) is 7.11 Å². The van der Waals surface area contributed by atoms with Crippen LogP contribution in [-0.2, 0) is 5.41 Å². The van der Waals surface area contributed by atoms with E-state index in [0.717, 1.165) is 18.6 Å². The molecule has 17 heavy (non-hydrogen) atoms. The third-order valence-electron chi connectivity index (χ3n) is 4.71. The van der Waals surface area contributed by atoms with E-state index in [4.69, 9.17) is 4.74 Å². The highest BCUT2D eigenvalue weighted by molar-refractivity contribution is 5.35. The van der Waals surface area contributed by atoms with Crippen molar-refractivity contribution in [2.45, 2.75) is 43.6 Å². The molecular weight excluding hydrogens is 212 g/mol. The van der Waals surface area contributed by atoms with Crippen molar-refractivity contribution < 1.29 is 9.84 Å². The lowest BCUT2D eigenvalue weighted by molar-refractivity contribution is 0.129. The first kappa shape index (κ1) is 11.1. The summed E-state index contributed by atoms with van der Waals surface area (Å²) in [5.41, 5.74) is 1.58.